The van der Waals surface area contributed by atoms with Crippen LogP contribution in [0.25, 0.3) is 0 Å². The van der Waals surface area contributed by atoms with Crippen molar-refractivity contribution in [2.24, 2.45) is 5.92 Å². The van der Waals surface area contributed by atoms with Crippen molar-refractivity contribution in [3.8, 4) is 0 Å². The van der Waals surface area contributed by atoms with Gasteiger partial charge in [-0.3, -0.25) is 0 Å². The Bertz CT molecular complexity index is 550. The lowest BCUT2D eigenvalue weighted by Gasteiger charge is -2.13. The molecule has 0 spiro atoms. The van der Waals surface area contributed by atoms with Gasteiger partial charge in [0.2, 0.25) is 0 Å². The number of likely N-dealkylation sites (tertiary alicyclic amines) is 1. The van der Waals surface area contributed by atoms with Gasteiger partial charge in [0.25, 0.3) is 0 Å². The van der Waals surface area contributed by atoms with Crippen LogP contribution in [0.3, 0.4) is 0 Å². The van der Waals surface area contributed by atoms with Crippen molar-refractivity contribution in [3.63, 3.8) is 0 Å². The first-order chi connectivity index (χ1) is 9.95. The minimum absolute atomic E-state index is 0.0760. The number of amides is 2. The van der Waals surface area contributed by atoms with Gasteiger partial charge < -0.3 is 20.6 Å². The number of halogens is 1. The van der Waals surface area contributed by atoms with Crippen LogP contribution in [-0.2, 0) is 0 Å². The molecule has 1 unspecified atom stereocenters. The highest BCUT2D eigenvalue weighted by atomic mass is 35.5. The number of carboxylic acid groups (broad SMARTS) is 1. The van der Waals surface area contributed by atoms with Crippen molar-refractivity contribution in [1.29, 1.82) is 0 Å². The van der Waals surface area contributed by atoms with Gasteiger partial charge in [-0.1, -0.05) is 11.6 Å². The van der Waals surface area contributed by atoms with Crippen LogP contribution in [0.4, 0.5) is 10.5 Å². The van der Waals surface area contributed by atoms with E-state index in [1.54, 1.807) is 0 Å². The van der Waals surface area contributed by atoms with Crippen molar-refractivity contribution in [3.05, 3.63) is 28.8 Å². The van der Waals surface area contributed by atoms with Crippen LogP contribution >= 0.6 is 11.6 Å². The lowest BCUT2D eigenvalue weighted by Crippen LogP contribution is -2.34. The molecule has 1 saturated heterocycles. The van der Waals surface area contributed by atoms with Crippen molar-refractivity contribution in [1.82, 2.24) is 10.2 Å². The average Bonchev–Trinajstić information content (AvgIpc) is 2.84. The summed E-state index contributed by atoms with van der Waals surface area (Å²) in [5, 5.41) is 14.6. The molecule has 114 valence electrons. The van der Waals surface area contributed by atoms with E-state index in [0.717, 1.165) is 19.5 Å². The fraction of sp³-hybridized carbons (Fsp3) is 0.429. The zero-order valence-corrected chi connectivity index (χ0v) is 12.5. The number of carboxylic acids is 1. The minimum Gasteiger partial charge on any atom is -0.478 e. The van der Waals surface area contributed by atoms with E-state index in [-0.39, 0.29) is 17.3 Å². The number of hydrogen-bond acceptors (Lipinski definition) is 3. The molecule has 1 heterocycles. The van der Waals surface area contributed by atoms with E-state index in [2.05, 4.69) is 22.6 Å². The summed E-state index contributed by atoms with van der Waals surface area (Å²) in [4.78, 5) is 25.0. The van der Waals surface area contributed by atoms with Gasteiger partial charge in [-0.05, 0) is 44.1 Å². The average molecular weight is 312 g/mol. The molecule has 0 aliphatic carbocycles. The topological polar surface area (TPSA) is 81.7 Å². The molecule has 1 fully saturated rings. The summed E-state index contributed by atoms with van der Waals surface area (Å²) in [6, 6.07) is 3.80. The molecule has 1 aliphatic heterocycles. The fourth-order valence-corrected chi connectivity index (χ4v) is 2.52. The summed E-state index contributed by atoms with van der Waals surface area (Å²) in [6.07, 6.45) is 1.06. The standard InChI is InChI=1S/C14H18ClN3O3/c1-18-5-4-9(8-18)7-16-14(21)17-12-6-10(13(19)20)2-3-11(12)15/h2-3,6,9H,4-5,7-8H2,1H3,(H,19,20)(H2,16,17,21). The number of carbonyl (C=O) groups is 2. The van der Waals surface area contributed by atoms with E-state index in [9.17, 15) is 9.59 Å². The highest BCUT2D eigenvalue weighted by Crippen LogP contribution is 2.23. The van der Waals surface area contributed by atoms with Gasteiger partial charge in [-0.25, -0.2) is 9.59 Å². The molecule has 0 aromatic heterocycles. The summed E-state index contributed by atoms with van der Waals surface area (Å²) < 4.78 is 0. The summed E-state index contributed by atoms with van der Waals surface area (Å²) in [5.41, 5.74) is 0.365. The summed E-state index contributed by atoms with van der Waals surface area (Å²) in [7, 11) is 2.05. The first-order valence-corrected chi connectivity index (χ1v) is 7.09. The first kappa shape index (κ1) is 15.6. The third-order valence-corrected chi connectivity index (χ3v) is 3.83. The van der Waals surface area contributed by atoms with Crippen LogP contribution in [0, 0.1) is 5.92 Å². The quantitative estimate of drug-likeness (QED) is 0.795. The van der Waals surface area contributed by atoms with E-state index in [0.29, 0.717) is 17.5 Å². The van der Waals surface area contributed by atoms with Crippen LogP contribution < -0.4 is 10.6 Å². The molecular formula is C14H18ClN3O3. The summed E-state index contributed by atoms with van der Waals surface area (Å²) in [6.45, 7) is 2.60. The Morgan fingerprint density at radius 3 is 2.86 bits per heavy atom. The van der Waals surface area contributed by atoms with E-state index in [1.807, 2.05) is 0 Å². The molecule has 1 aromatic rings. The minimum atomic E-state index is -1.07. The Balaban J connectivity index is 1.90. The van der Waals surface area contributed by atoms with Crippen molar-refractivity contribution in [2.45, 2.75) is 6.42 Å². The van der Waals surface area contributed by atoms with Crippen LogP contribution in [0.1, 0.15) is 16.8 Å². The Labute approximate surface area is 128 Å². The second-order valence-corrected chi connectivity index (χ2v) is 5.66. The van der Waals surface area contributed by atoms with E-state index >= 15 is 0 Å². The Morgan fingerprint density at radius 2 is 2.24 bits per heavy atom. The van der Waals surface area contributed by atoms with E-state index in [4.69, 9.17) is 16.7 Å². The SMILES string of the molecule is CN1CCC(CNC(=O)Nc2cc(C(=O)O)ccc2Cl)C1. The van der Waals surface area contributed by atoms with Crippen LogP contribution in [0.5, 0.6) is 0 Å². The van der Waals surface area contributed by atoms with Crippen LogP contribution in [0.2, 0.25) is 5.02 Å². The lowest BCUT2D eigenvalue weighted by atomic mass is 10.1. The van der Waals surface area contributed by atoms with Crippen LogP contribution in [-0.4, -0.2) is 48.7 Å². The zero-order valence-electron chi connectivity index (χ0n) is 11.7. The smallest absolute Gasteiger partial charge is 0.335 e. The summed E-state index contributed by atoms with van der Waals surface area (Å²) >= 11 is 5.95. The molecule has 7 heteroatoms. The number of anilines is 1. The highest BCUT2D eigenvalue weighted by molar-refractivity contribution is 6.33. The van der Waals surface area contributed by atoms with E-state index in [1.165, 1.54) is 18.2 Å². The first-order valence-electron chi connectivity index (χ1n) is 6.72. The van der Waals surface area contributed by atoms with Gasteiger partial charge in [-0.2, -0.15) is 0 Å². The lowest BCUT2D eigenvalue weighted by molar-refractivity contribution is 0.0697. The third-order valence-electron chi connectivity index (χ3n) is 3.50. The predicted molar refractivity (Wildman–Crippen MR) is 81.0 cm³/mol. The Morgan fingerprint density at radius 1 is 1.48 bits per heavy atom. The second-order valence-electron chi connectivity index (χ2n) is 5.25. The number of aromatic carboxylic acids is 1. The molecule has 1 aliphatic rings. The number of benzene rings is 1. The van der Waals surface area contributed by atoms with Gasteiger partial charge in [0.1, 0.15) is 0 Å². The van der Waals surface area contributed by atoms with Gasteiger partial charge in [-0.15, -0.1) is 0 Å². The molecular weight excluding hydrogens is 294 g/mol. The highest BCUT2D eigenvalue weighted by Gasteiger charge is 2.20. The molecule has 1 aromatic carbocycles. The molecule has 21 heavy (non-hydrogen) atoms. The molecule has 0 saturated carbocycles. The van der Waals surface area contributed by atoms with Crippen molar-refractivity contribution in [2.75, 3.05) is 32.0 Å². The molecule has 2 amide bonds. The van der Waals surface area contributed by atoms with Gasteiger partial charge in [0.15, 0.2) is 0 Å². The van der Waals surface area contributed by atoms with Crippen molar-refractivity contribution >= 4 is 29.3 Å². The number of hydrogen-bond donors (Lipinski definition) is 3. The molecule has 2 rings (SSSR count). The van der Waals surface area contributed by atoms with Gasteiger partial charge >= 0.3 is 12.0 Å². The molecule has 1 atom stereocenters. The zero-order chi connectivity index (χ0) is 15.4. The largest absolute Gasteiger partial charge is 0.478 e. The van der Waals surface area contributed by atoms with Gasteiger partial charge in [0.05, 0.1) is 16.3 Å². The normalized spacial score (nSPS) is 18.5. The van der Waals surface area contributed by atoms with Crippen LogP contribution in [0.15, 0.2) is 18.2 Å². The molecule has 0 radical (unpaired) electrons. The second kappa shape index (κ2) is 6.78. The molecule has 0 bridgehead atoms. The van der Waals surface area contributed by atoms with Crippen molar-refractivity contribution < 1.29 is 14.7 Å². The third kappa shape index (κ3) is 4.34. The number of urea groups is 1. The number of carbonyl (C=O) groups excluding carboxylic acids is 1. The number of rotatable bonds is 4. The molecule has 6 nitrogen and oxygen atoms in total. The van der Waals surface area contributed by atoms with Gasteiger partial charge in [0, 0.05) is 13.1 Å². The van der Waals surface area contributed by atoms with E-state index < -0.39 is 5.97 Å². The monoisotopic (exact) mass is 311 g/mol. The summed E-state index contributed by atoms with van der Waals surface area (Å²) in [5.74, 6) is -0.620. The number of nitrogens with zero attached hydrogens (tertiary/aromatic N) is 1. The maximum Gasteiger partial charge on any atom is 0.335 e. The maximum atomic E-state index is 11.8. The Hall–Kier alpha value is -1.79. The fourth-order valence-electron chi connectivity index (χ4n) is 2.35. The maximum absolute atomic E-state index is 11.8. The Kier molecular flexibility index (Phi) is 5.03. The number of nitrogens with one attached hydrogen (secondary N) is 2. The molecule has 3 N–H and O–H groups in total. The predicted octanol–water partition coefficient (Wildman–Crippen LogP) is 2.11.